The third-order valence-electron chi connectivity index (χ3n) is 6.23. The maximum atomic E-state index is 13.4. The minimum Gasteiger partial charge on any atom is -0.480 e. The fraction of sp³-hybridized carbons (Fsp3) is 0.214. The van der Waals surface area contributed by atoms with Gasteiger partial charge in [0.25, 0.3) is 5.91 Å². The largest absolute Gasteiger partial charge is 0.480 e. The zero-order valence-electron chi connectivity index (χ0n) is 20.8. The fourth-order valence-electron chi connectivity index (χ4n) is 4.35. The van der Waals surface area contributed by atoms with Crippen LogP contribution in [0.2, 0.25) is 0 Å². The Morgan fingerprint density at radius 1 is 0.816 bits per heavy atom. The first-order valence-corrected chi connectivity index (χ1v) is 12.2. The van der Waals surface area contributed by atoms with Crippen LogP contribution in [0.25, 0.3) is 11.4 Å². The van der Waals surface area contributed by atoms with E-state index < -0.39 is 17.1 Å². The van der Waals surface area contributed by atoms with Crippen molar-refractivity contribution in [2.75, 3.05) is 19.7 Å². The van der Waals surface area contributed by atoms with Gasteiger partial charge in [-0.3, -0.25) is 9.78 Å². The van der Waals surface area contributed by atoms with Crippen molar-refractivity contribution in [1.29, 1.82) is 0 Å². The SMILES string of the molecule is Cc1cccc(-n2c(=O)[nH]c(=O)n(-c3ccc(Oc4ccccc4)c(OCC(=O)N4CCCC4)c3)c2=O)c1. The summed E-state index contributed by atoms with van der Waals surface area (Å²) in [4.78, 5) is 55.4. The molecule has 10 heteroatoms. The Kier molecular flexibility index (Phi) is 6.94. The van der Waals surface area contributed by atoms with Gasteiger partial charge in [-0.2, -0.15) is 0 Å². The van der Waals surface area contributed by atoms with Crippen LogP contribution in [0.15, 0.2) is 87.2 Å². The summed E-state index contributed by atoms with van der Waals surface area (Å²) in [6.07, 6.45) is 1.90. The Bertz CT molecular complexity index is 1650. The molecule has 10 nitrogen and oxygen atoms in total. The second-order valence-electron chi connectivity index (χ2n) is 8.95. The van der Waals surface area contributed by atoms with Gasteiger partial charge in [-0.05, 0) is 61.7 Å². The van der Waals surface area contributed by atoms with E-state index >= 15 is 0 Å². The van der Waals surface area contributed by atoms with E-state index in [4.69, 9.17) is 9.47 Å². The molecule has 38 heavy (non-hydrogen) atoms. The van der Waals surface area contributed by atoms with Crippen molar-refractivity contribution in [2.45, 2.75) is 19.8 Å². The van der Waals surface area contributed by atoms with Crippen LogP contribution < -0.4 is 26.5 Å². The van der Waals surface area contributed by atoms with Crippen LogP contribution in [0.3, 0.4) is 0 Å². The molecule has 194 valence electrons. The number of ether oxygens (including phenoxy) is 2. The van der Waals surface area contributed by atoms with Gasteiger partial charge in [-0.15, -0.1) is 0 Å². The number of rotatable bonds is 7. The van der Waals surface area contributed by atoms with Gasteiger partial charge in [-0.1, -0.05) is 30.3 Å². The van der Waals surface area contributed by atoms with E-state index in [1.807, 2.05) is 31.2 Å². The van der Waals surface area contributed by atoms with Crippen LogP contribution in [-0.2, 0) is 4.79 Å². The first-order chi connectivity index (χ1) is 18.4. The Morgan fingerprint density at radius 2 is 1.50 bits per heavy atom. The molecule has 1 amide bonds. The summed E-state index contributed by atoms with van der Waals surface area (Å²) in [5.41, 5.74) is -1.30. The molecule has 3 aromatic carbocycles. The van der Waals surface area contributed by atoms with E-state index in [1.165, 1.54) is 12.1 Å². The zero-order chi connectivity index (χ0) is 26.6. The summed E-state index contributed by atoms with van der Waals surface area (Å²) in [5.74, 6) is 0.838. The molecule has 2 heterocycles. The number of nitrogens with one attached hydrogen (secondary N) is 1. The lowest BCUT2D eigenvalue weighted by atomic mass is 10.2. The van der Waals surface area contributed by atoms with Gasteiger partial charge in [0, 0.05) is 19.2 Å². The van der Waals surface area contributed by atoms with Gasteiger partial charge >= 0.3 is 17.1 Å². The van der Waals surface area contributed by atoms with Crippen LogP contribution in [0.5, 0.6) is 17.2 Å². The number of carbonyl (C=O) groups is 1. The van der Waals surface area contributed by atoms with Gasteiger partial charge in [-0.25, -0.2) is 23.5 Å². The van der Waals surface area contributed by atoms with Crippen molar-refractivity contribution >= 4 is 5.91 Å². The summed E-state index contributed by atoms with van der Waals surface area (Å²) in [6, 6.07) is 20.3. The standard InChI is InChI=1S/C28H26N4O6/c1-19-8-7-9-20(16-19)31-26(34)29-27(35)32(28(31)36)21-12-13-23(38-22-10-3-2-4-11-22)24(17-21)37-18-25(33)30-14-5-6-15-30/h2-4,7-13,16-17H,5-6,14-15,18H2,1H3,(H,29,34,35). The fourth-order valence-corrected chi connectivity index (χ4v) is 4.35. The van der Waals surface area contributed by atoms with Crippen molar-refractivity contribution in [3.63, 3.8) is 0 Å². The molecular weight excluding hydrogens is 488 g/mol. The van der Waals surface area contributed by atoms with E-state index in [9.17, 15) is 19.2 Å². The Morgan fingerprint density at radius 3 is 2.18 bits per heavy atom. The molecule has 1 aliphatic rings. The predicted octanol–water partition coefficient (Wildman–Crippen LogP) is 2.78. The number of hydrogen-bond donors (Lipinski definition) is 1. The van der Waals surface area contributed by atoms with Crippen LogP contribution in [0.4, 0.5) is 0 Å². The molecule has 0 unspecified atom stereocenters. The molecule has 5 rings (SSSR count). The highest BCUT2D eigenvalue weighted by atomic mass is 16.5. The van der Waals surface area contributed by atoms with Crippen molar-refractivity contribution in [2.24, 2.45) is 0 Å². The summed E-state index contributed by atoms with van der Waals surface area (Å²) in [5, 5.41) is 0. The second kappa shape index (κ2) is 10.6. The number of benzene rings is 3. The predicted molar refractivity (Wildman–Crippen MR) is 141 cm³/mol. The van der Waals surface area contributed by atoms with Crippen molar-refractivity contribution in [1.82, 2.24) is 19.0 Å². The zero-order valence-corrected chi connectivity index (χ0v) is 20.8. The quantitative estimate of drug-likeness (QED) is 0.406. The topological polar surface area (TPSA) is 116 Å². The molecule has 1 fully saturated rings. The second-order valence-corrected chi connectivity index (χ2v) is 8.95. The molecule has 4 aromatic rings. The van der Waals surface area contributed by atoms with Crippen molar-refractivity contribution in [3.8, 4) is 28.6 Å². The molecule has 0 bridgehead atoms. The number of hydrogen-bond acceptors (Lipinski definition) is 6. The first-order valence-electron chi connectivity index (χ1n) is 12.2. The molecule has 1 aromatic heterocycles. The van der Waals surface area contributed by atoms with Crippen molar-refractivity contribution in [3.05, 3.63) is 110 Å². The highest BCUT2D eigenvalue weighted by Gasteiger charge is 2.20. The molecule has 0 saturated carbocycles. The maximum Gasteiger partial charge on any atom is 0.345 e. The lowest BCUT2D eigenvalue weighted by Gasteiger charge is -2.18. The highest BCUT2D eigenvalue weighted by molar-refractivity contribution is 5.78. The summed E-state index contributed by atoms with van der Waals surface area (Å²) in [6.45, 7) is 2.96. The number of H-pyrrole nitrogens is 1. The van der Waals surface area contributed by atoms with E-state index in [0.29, 0.717) is 30.3 Å². The highest BCUT2D eigenvalue weighted by Crippen LogP contribution is 2.33. The lowest BCUT2D eigenvalue weighted by molar-refractivity contribution is -0.132. The van der Waals surface area contributed by atoms with Crippen molar-refractivity contribution < 1.29 is 14.3 Å². The van der Waals surface area contributed by atoms with Gasteiger partial charge in [0.05, 0.1) is 11.4 Å². The number of aromatic nitrogens is 3. The molecule has 0 radical (unpaired) electrons. The number of likely N-dealkylation sites (tertiary alicyclic amines) is 1. The van der Waals surface area contributed by atoms with Crippen LogP contribution in [-0.4, -0.2) is 44.6 Å². The molecule has 1 N–H and O–H groups in total. The summed E-state index contributed by atoms with van der Waals surface area (Å²) < 4.78 is 13.6. The average Bonchev–Trinajstić information content (AvgIpc) is 3.44. The molecular formula is C28H26N4O6. The lowest BCUT2D eigenvalue weighted by Crippen LogP contribution is -2.48. The van der Waals surface area contributed by atoms with E-state index in [-0.39, 0.29) is 24.0 Å². The van der Waals surface area contributed by atoms with Crippen LogP contribution in [0, 0.1) is 6.92 Å². The molecule has 0 aliphatic carbocycles. The molecule has 1 saturated heterocycles. The van der Waals surface area contributed by atoms with E-state index in [1.54, 1.807) is 41.3 Å². The minimum absolute atomic E-state index is 0.140. The first kappa shape index (κ1) is 24.8. The number of nitrogens with zero attached hydrogens (tertiary/aromatic N) is 3. The molecule has 1 aliphatic heterocycles. The number of carbonyl (C=O) groups excluding carboxylic acids is 1. The third-order valence-corrected chi connectivity index (χ3v) is 6.23. The third kappa shape index (κ3) is 5.15. The smallest absolute Gasteiger partial charge is 0.345 e. The number of amides is 1. The van der Waals surface area contributed by atoms with Gasteiger partial charge in [0.1, 0.15) is 5.75 Å². The number of aromatic amines is 1. The van der Waals surface area contributed by atoms with Gasteiger partial charge in [0.15, 0.2) is 18.1 Å². The van der Waals surface area contributed by atoms with Gasteiger partial charge in [0.2, 0.25) is 0 Å². The Balaban J connectivity index is 1.57. The number of aryl methyl sites for hydroxylation is 1. The summed E-state index contributed by atoms with van der Waals surface area (Å²) >= 11 is 0. The summed E-state index contributed by atoms with van der Waals surface area (Å²) in [7, 11) is 0. The monoisotopic (exact) mass is 514 g/mol. The van der Waals surface area contributed by atoms with Gasteiger partial charge < -0.3 is 14.4 Å². The van der Waals surface area contributed by atoms with E-state index in [2.05, 4.69) is 4.98 Å². The van der Waals surface area contributed by atoms with Crippen LogP contribution in [0.1, 0.15) is 18.4 Å². The Hall–Kier alpha value is -4.86. The minimum atomic E-state index is -0.903. The number of para-hydroxylation sites is 1. The normalized spacial score (nSPS) is 12.9. The van der Waals surface area contributed by atoms with E-state index in [0.717, 1.165) is 27.5 Å². The average molecular weight is 515 g/mol. The Labute approximate surface area is 217 Å². The van der Waals surface area contributed by atoms with Crippen LogP contribution >= 0.6 is 0 Å². The molecule has 0 spiro atoms. The maximum absolute atomic E-state index is 13.4. The molecule has 0 atom stereocenters.